The van der Waals surface area contributed by atoms with Crippen LogP contribution in [0.1, 0.15) is 31.2 Å². The van der Waals surface area contributed by atoms with Gasteiger partial charge in [-0.15, -0.1) is 0 Å². The van der Waals surface area contributed by atoms with Gasteiger partial charge in [0.1, 0.15) is 0 Å². The molecule has 0 heterocycles. The summed E-state index contributed by atoms with van der Waals surface area (Å²) in [6.07, 6.45) is -0.530. The lowest BCUT2D eigenvalue weighted by atomic mass is 9.98. The summed E-state index contributed by atoms with van der Waals surface area (Å²) >= 11 is 0. The SMILES string of the molecule is OCC1(Nc2ccc(C(F)(F)F)cc2)CCCC1. The molecular weight excluding hydrogens is 243 g/mol. The highest BCUT2D eigenvalue weighted by atomic mass is 19.4. The molecular formula is C13H16F3NO. The summed E-state index contributed by atoms with van der Waals surface area (Å²) in [6, 6.07) is 4.95. The molecule has 0 radical (unpaired) electrons. The van der Waals surface area contributed by atoms with Gasteiger partial charge >= 0.3 is 6.18 Å². The zero-order chi connectivity index (χ0) is 13.2. The second kappa shape index (κ2) is 4.80. The van der Waals surface area contributed by atoms with E-state index in [4.69, 9.17) is 0 Å². The topological polar surface area (TPSA) is 32.3 Å². The van der Waals surface area contributed by atoms with E-state index in [1.54, 1.807) is 0 Å². The van der Waals surface area contributed by atoms with Crippen molar-refractivity contribution in [2.75, 3.05) is 11.9 Å². The van der Waals surface area contributed by atoms with Crippen LogP contribution in [0, 0.1) is 0 Å². The zero-order valence-electron chi connectivity index (χ0n) is 9.93. The van der Waals surface area contributed by atoms with Crippen molar-refractivity contribution >= 4 is 5.69 Å². The molecule has 1 fully saturated rings. The Morgan fingerprint density at radius 1 is 1.11 bits per heavy atom. The number of alkyl halides is 3. The minimum Gasteiger partial charge on any atom is -0.394 e. The molecule has 2 rings (SSSR count). The van der Waals surface area contributed by atoms with Crippen LogP contribution in [0.3, 0.4) is 0 Å². The highest BCUT2D eigenvalue weighted by Crippen LogP contribution is 2.34. The molecule has 0 aromatic heterocycles. The third kappa shape index (κ3) is 2.77. The summed E-state index contributed by atoms with van der Waals surface area (Å²) in [5, 5.41) is 12.6. The van der Waals surface area contributed by atoms with Gasteiger partial charge in [-0.25, -0.2) is 0 Å². The van der Waals surface area contributed by atoms with Crippen molar-refractivity contribution < 1.29 is 18.3 Å². The lowest BCUT2D eigenvalue weighted by Gasteiger charge is -2.29. The molecule has 1 aliphatic rings. The number of rotatable bonds is 3. The Morgan fingerprint density at radius 2 is 1.67 bits per heavy atom. The Labute approximate surface area is 104 Å². The van der Waals surface area contributed by atoms with Gasteiger partial charge in [0.05, 0.1) is 17.7 Å². The van der Waals surface area contributed by atoms with Gasteiger partial charge in [-0.2, -0.15) is 13.2 Å². The highest BCUT2D eigenvalue weighted by molar-refractivity contribution is 5.47. The van der Waals surface area contributed by atoms with Gasteiger partial charge in [0, 0.05) is 5.69 Å². The van der Waals surface area contributed by atoms with Gasteiger partial charge < -0.3 is 10.4 Å². The summed E-state index contributed by atoms with van der Waals surface area (Å²) in [4.78, 5) is 0. The second-order valence-electron chi connectivity index (χ2n) is 4.85. The quantitative estimate of drug-likeness (QED) is 0.871. The van der Waals surface area contributed by atoms with E-state index in [2.05, 4.69) is 5.32 Å². The van der Waals surface area contributed by atoms with Gasteiger partial charge in [-0.1, -0.05) is 12.8 Å². The smallest absolute Gasteiger partial charge is 0.394 e. The monoisotopic (exact) mass is 259 g/mol. The normalized spacial score (nSPS) is 18.9. The third-order valence-corrected chi connectivity index (χ3v) is 3.49. The first kappa shape index (κ1) is 13.2. The zero-order valence-corrected chi connectivity index (χ0v) is 9.93. The van der Waals surface area contributed by atoms with E-state index in [1.807, 2.05) is 0 Å². The van der Waals surface area contributed by atoms with Crippen LogP contribution in [0.5, 0.6) is 0 Å². The molecule has 0 spiro atoms. The first-order valence-electron chi connectivity index (χ1n) is 6.02. The number of aliphatic hydroxyl groups excluding tert-OH is 1. The molecule has 1 saturated carbocycles. The van der Waals surface area contributed by atoms with E-state index in [0.29, 0.717) is 5.69 Å². The molecule has 1 aromatic carbocycles. The maximum absolute atomic E-state index is 12.4. The fourth-order valence-corrected chi connectivity index (χ4v) is 2.42. The van der Waals surface area contributed by atoms with Gasteiger partial charge in [0.2, 0.25) is 0 Å². The van der Waals surface area contributed by atoms with Crippen LogP contribution in [-0.2, 0) is 6.18 Å². The Balaban J connectivity index is 2.11. The number of aliphatic hydroxyl groups is 1. The molecule has 2 nitrogen and oxygen atoms in total. The lowest BCUT2D eigenvalue weighted by molar-refractivity contribution is -0.137. The van der Waals surface area contributed by atoms with E-state index in [0.717, 1.165) is 37.8 Å². The fourth-order valence-electron chi connectivity index (χ4n) is 2.42. The van der Waals surface area contributed by atoms with Crippen molar-refractivity contribution in [3.8, 4) is 0 Å². The maximum atomic E-state index is 12.4. The first-order valence-corrected chi connectivity index (χ1v) is 6.02. The molecule has 0 saturated heterocycles. The van der Waals surface area contributed by atoms with E-state index in [9.17, 15) is 18.3 Å². The number of hydrogen-bond donors (Lipinski definition) is 2. The van der Waals surface area contributed by atoms with Crippen LogP contribution in [0.25, 0.3) is 0 Å². The van der Waals surface area contributed by atoms with Crippen molar-refractivity contribution in [1.82, 2.24) is 0 Å². The predicted molar refractivity (Wildman–Crippen MR) is 63.4 cm³/mol. The number of halogens is 3. The summed E-state index contributed by atoms with van der Waals surface area (Å²) in [6.45, 7) is 0.00796. The van der Waals surface area contributed by atoms with Crippen LogP contribution >= 0.6 is 0 Å². The van der Waals surface area contributed by atoms with Crippen LogP contribution in [0.15, 0.2) is 24.3 Å². The first-order chi connectivity index (χ1) is 8.45. The number of hydrogen-bond acceptors (Lipinski definition) is 2. The van der Waals surface area contributed by atoms with E-state index in [-0.39, 0.29) is 12.1 Å². The van der Waals surface area contributed by atoms with Gasteiger partial charge in [-0.05, 0) is 37.1 Å². The predicted octanol–water partition coefficient (Wildman–Crippen LogP) is 3.42. The second-order valence-corrected chi connectivity index (χ2v) is 4.85. The average molecular weight is 259 g/mol. The molecule has 0 bridgehead atoms. The molecule has 5 heteroatoms. The Morgan fingerprint density at radius 3 is 2.11 bits per heavy atom. The summed E-state index contributed by atoms with van der Waals surface area (Å²) in [5.41, 5.74) is -0.392. The average Bonchev–Trinajstić information content (AvgIpc) is 2.78. The molecule has 0 aliphatic heterocycles. The molecule has 1 aromatic rings. The van der Waals surface area contributed by atoms with E-state index in [1.165, 1.54) is 12.1 Å². The Hall–Kier alpha value is -1.23. The van der Waals surface area contributed by atoms with Gasteiger partial charge in [0.25, 0.3) is 0 Å². The van der Waals surface area contributed by atoms with Crippen LogP contribution in [0.4, 0.5) is 18.9 Å². The summed E-state index contributed by atoms with van der Waals surface area (Å²) in [5.74, 6) is 0. The molecule has 2 N–H and O–H groups in total. The standard InChI is InChI=1S/C13H16F3NO/c14-13(15,16)10-3-5-11(6-4-10)17-12(9-18)7-1-2-8-12/h3-6,17-18H,1-2,7-9H2. The van der Waals surface area contributed by atoms with Crippen molar-refractivity contribution in [3.05, 3.63) is 29.8 Å². The van der Waals surface area contributed by atoms with E-state index >= 15 is 0 Å². The summed E-state index contributed by atoms with van der Waals surface area (Å²) in [7, 11) is 0. The van der Waals surface area contributed by atoms with Crippen LogP contribution in [0.2, 0.25) is 0 Å². The molecule has 0 unspecified atom stereocenters. The summed E-state index contributed by atoms with van der Waals surface area (Å²) < 4.78 is 37.2. The van der Waals surface area contributed by atoms with Crippen molar-refractivity contribution in [2.24, 2.45) is 0 Å². The molecule has 100 valence electrons. The van der Waals surface area contributed by atoms with Crippen LogP contribution in [-0.4, -0.2) is 17.3 Å². The van der Waals surface area contributed by atoms with Gasteiger partial charge in [-0.3, -0.25) is 0 Å². The number of benzene rings is 1. The van der Waals surface area contributed by atoms with Crippen molar-refractivity contribution in [3.63, 3.8) is 0 Å². The molecule has 18 heavy (non-hydrogen) atoms. The largest absolute Gasteiger partial charge is 0.416 e. The molecule has 0 atom stereocenters. The number of anilines is 1. The highest BCUT2D eigenvalue weighted by Gasteiger charge is 2.33. The Bertz CT molecular complexity index is 394. The van der Waals surface area contributed by atoms with Crippen molar-refractivity contribution in [1.29, 1.82) is 0 Å². The van der Waals surface area contributed by atoms with Gasteiger partial charge in [0.15, 0.2) is 0 Å². The van der Waals surface area contributed by atoms with Crippen LogP contribution < -0.4 is 5.32 Å². The minimum atomic E-state index is -4.31. The van der Waals surface area contributed by atoms with E-state index < -0.39 is 11.7 Å². The number of nitrogens with one attached hydrogen (secondary N) is 1. The molecule has 1 aliphatic carbocycles. The maximum Gasteiger partial charge on any atom is 0.416 e. The lowest BCUT2D eigenvalue weighted by Crippen LogP contribution is -2.38. The fraction of sp³-hybridized carbons (Fsp3) is 0.538. The molecule has 0 amide bonds. The van der Waals surface area contributed by atoms with Crippen molar-refractivity contribution in [2.45, 2.75) is 37.4 Å². The Kier molecular flexibility index (Phi) is 3.52. The minimum absolute atomic E-state index is 0.00796. The third-order valence-electron chi connectivity index (χ3n) is 3.49.